The third kappa shape index (κ3) is 1.72. The molecular weight excluding hydrogens is 224 g/mol. The van der Waals surface area contributed by atoms with Gasteiger partial charge in [-0.15, -0.1) is 0 Å². The summed E-state index contributed by atoms with van der Waals surface area (Å²) in [5, 5.41) is 5.43. The van der Waals surface area contributed by atoms with Crippen molar-refractivity contribution in [2.45, 2.75) is 13.5 Å². The van der Waals surface area contributed by atoms with Crippen LogP contribution in [0, 0.1) is 6.92 Å². The lowest BCUT2D eigenvalue weighted by Crippen LogP contribution is -2.06. The van der Waals surface area contributed by atoms with Crippen LogP contribution in [0.15, 0.2) is 42.7 Å². The van der Waals surface area contributed by atoms with E-state index in [0.29, 0.717) is 6.54 Å². The number of nitrogens with zero attached hydrogens (tertiary/aromatic N) is 3. The first kappa shape index (κ1) is 10.8. The van der Waals surface area contributed by atoms with Crippen LogP contribution in [0.1, 0.15) is 11.1 Å². The van der Waals surface area contributed by atoms with E-state index in [1.165, 1.54) is 5.56 Å². The summed E-state index contributed by atoms with van der Waals surface area (Å²) in [5.74, 6) is 0.718. The van der Waals surface area contributed by atoms with Crippen molar-refractivity contribution in [1.29, 1.82) is 0 Å². The SMILES string of the molecule is Cc1cnn(Cc2ccnc3ccccc23)c1N. The highest BCUT2D eigenvalue weighted by Crippen LogP contribution is 2.19. The predicted molar refractivity (Wildman–Crippen MR) is 72.2 cm³/mol. The number of benzene rings is 1. The fourth-order valence-electron chi connectivity index (χ4n) is 2.07. The molecule has 0 unspecified atom stereocenters. The molecule has 3 rings (SSSR count). The van der Waals surface area contributed by atoms with Gasteiger partial charge in [-0.05, 0) is 24.6 Å². The van der Waals surface area contributed by atoms with Crippen molar-refractivity contribution in [2.24, 2.45) is 0 Å². The lowest BCUT2D eigenvalue weighted by atomic mass is 10.1. The predicted octanol–water partition coefficient (Wildman–Crippen LogP) is 2.37. The van der Waals surface area contributed by atoms with E-state index in [1.54, 1.807) is 6.20 Å². The molecule has 2 heterocycles. The van der Waals surface area contributed by atoms with Crippen LogP contribution in [0.3, 0.4) is 0 Å². The largest absolute Gasteiger partial charge is 0.384 e. The minimum Gasteiger partial charge on any atom is -0.384 e. The summed E-state index contributed by atoms with van der Waals surface area (Å²) in [7, 11) is 0. The molecule has 0 fully saturated rings. The molecule has 2 aromatic heterocycles. The highest BCUT2D eigenvalue weighted by atomic mass is 15.3. The molecule has 3 aromatic rings. The molecular formula is C14H14N4. The molecule has 0 atom stereocenters. The Hall–Kier alpha value is -2.36. The van der Waals surface area contributed by atoms with E-state index in [9.17, 15) is 0 Å². The van der Waals surface area contributed by atoms with Gasteiger partial charge in [-0.3, -0.25) is 4.98 Å². The van der Waals surface area contributed by atoms with Gasteiger partial charge in [0, 0.05) is 17.1 Å². The number of nitrogens with two attached hydrogens (primary N) is 1. The summed E-state index contributed by atoms with van der Waals surface area (Å²) < 4.78 is 1.82. The standard InChI is InChI=1S/C14H14N4/c1-10-8-17-18(14(10)15)9-11-6-7-16-13-5-3-2-4-12(11)13/h2-8H,9,15H2,1H3. The number of nitrogen functional groups attached to an aromatic ring is 1. The average molecular weight is 238 g/mol. The van der Waals surface area contributed by atoms with Gasteiger partial charge < -0.3 is 5.73 Å². The van der Waals surface area contributed by atoms with E-state index < -0.39 is 0 Å². The fraction of sp³-hybridized carbons (Fsp3) is 0.143. The van der Waals surface area contributed by atoms with E-state index >= 15 is 0 Å². The number of aryl methyl sites for hydroxylation is 1. The zero-order valence-electron chi connectivity index (χ0n) is 10.2. The van der Waals surface area contributed by atoms with Crippen LogP contribution in [0.5, 0.6) is 0 Å². The molecule has 0 amide bonds. The average Bonchev–Trinajstić information content (AvgIpc) is 2.71. The Bertz CT molecular complexity index is 695. The van der Waals surface area contributed by atoms with Gasteiger partial charge >= 0.3 is 0 Å². The quantitative estimate of drug-likeness (QED) is 0.745. The topological polar surface area (TPSA) is 56.7 Å². The number of anilines is 1. The van der Waals surface area contributed by atoms with Crippen LogP contribution >= 0.6 is 0 Å². The molecule has 4 nitrogen and oxygen atoms in total. The molecule has 0 aliphatic heterocycles. The molecule has 0 saturated carbocycles. The molecule has 0 saturated heterocycles. The molecule has 1 aromatic carbocycles. The highest BCUT2D eigenvalue weighted by Gasteiger charge is 2.06. The lowest BCUT2D eigenvalue weighted by Gasteiger charge is -2.07. The highest BCUT2D eigenvalue weighted by molar-refractivity contribution is 5.81. The van der Waals surface area contributed by atoms with E-state index in [0.717, 1.165) is 22.3 Å². The van der Waals surface area contributed by atoms with Crippen LogP contribution < -0.4 is 5.73 Å². The Morgan fingerprint density at radius 3 is 2.83 bits per heavy atom. The number of aromatic nitrogens is 3. The van der Waals surface area contributed by atoms with Gasteiger partial charge in [0.15, 0.2) is 0 Å². The summed E-state index contributed by atoms with van der Waals surface area (Å²) in [5.41, 5.74) is 9.16. The second kappa shape index (κ2) is 4.14. The fourth-order valence-corrected chi connectivity index (χ4v) is 2.07. The van der Waals surface area contributed by atoms with E-state index in [-0.39, 0.29) is 0 Å². The van der Waals surface area contributed by atoms with Crippen molar-refractivity contribution in [2.75, 3.05) is 5.73 Å². The lowest BCUT2D eigenvalue weighted by molar-refractivity contribution is 0.700. The first-order valence-corrected chi connectivity index (χ1v) is 5.86. The molecule has 0 bridgehead atoms. The number of fused-ring (bicyclic) bond motifs is 1. The summed E-state index contributed by atoms with van der Waals surface area (Å²) in [4.78, 5) is 4.35. The van der Waals surface area contributed by atoms with Crippen LogP contribution in [-0.2, 0) is 6.54 Å². The molecule has 2 N–H and O–H groups in total. The van der Waals surface area contributed by atoms with Crippen molar-refractivity contribution < 1.29 is 0 Å². The molecule has 18 heavy (non-hydrogen) atoms. The van der Waals surface area contributed by atoms with Gasteiger partial charge in [0.1, 0.15) is 5.82 Å². The van der Waals surface area contributed by atoms with Gasteiger partial charge in [0.05, 0.1) is 18.3 Å². The van der Waals surface area contributed by atoms with Crippen LogP contribution in [0.4, 0.5) is 5.82 Å². The van der Waals surface area contributed by atoms with Crippen molar-refractivity contribution in [1.82, 2.24) is 14.8 Å². The van der Waals surface area contributed by atoms with Crippen LogP contribution in [-0.4, -0.2) is 14.8 Å². The Morgan fingerprint density at radius 1 is 1.22 bits per heavy atom. The van der Waals surface area contributed by atoms with E-state index in [1.807, 2.05) is 42.1 Å². The number of para-hydroxylation sites is 1. The number of hydrogen-bond acceptors (Lipinski definition) is 3. The maximum Gasteiger partial charge on any atom is 0.124 e. The monoisotopic (exact) mass is 238 g/mol. The molecule has 0 aliphatic rings. The van der Waals surface area contributed by atoms with E-state index in [4.69, 9.17) is 5.73 Å². The maximum atomic E-state index is 5.98. The second-order valence-electron chi connectivity index (χ2n) is 4.36. The third-order valence-electron chi connectivity index (χ3n) is 3.13. The Kier molecular flexibility index (Phi) is 2.48. The minimum absolute atomic E-state index is 0.669. The van der Waals surface area contributed by atoms with Gasteiger partial charge in [0.25, 0.3) is 0 Å². The van der Waals surface area contributed by atoms with Gasteiger partial charge in [-0.2, -0.15) is 5.10 Å². The van der Waals surface area contributed by atoms with Crippen molar-refractivity contribution in [3.8, 4) is 0 Å². The van der Waals surface area contributed by atoms with Gasteiger partial charge in [0.2, 0.25) is 0 Å². The number of hydrogen-bond donors (Lipinski definition) is 1. The maximum absolute atomic E-state index is 5.98. The van der Waals surface area contributed by atoms with Gasteiger partial charge in [-0.1, -0.05) is 18.2 Å². The summed E-state index contributed by atoms with van der Waals surface area (Å²) in [6.45, 7) is 2.63. The van der Waals surface area contributed by atoms with Gasteiger partial charge in [-0.25, -0.2) is 4.68 Å². The molecule has 0 aliphatic carbocycles. The summed E-state index contributed by atoms with van der Waals surface area (Å²) >= 11 is 0. The number of pyridine rings is 1. The second-order valence-corrected chi connectivity index (χ2v) is 4.36. The zero-order valence-corrected chi connectivity index (χ0v) is 10.2. The zero-order chi connectivity index (χ0) is 12.5. The minimum atomic E-state index is 0.669. The van der Waals surface area contributed by atoms with Crippen molar-refractivity contribution in [3.63, 3.8) is 0 Å². The van der Waals surface area contributed by atoms with E-state index in [2.05, 4.69) is 16.1 Å². The Balaban J connectivity index is 2.08. The molecule has 0 spiro atoms. The smallest absolute Gasteiger partial charge is 0.124 e. The van der Waals surface area contributed by atoms with Crippen LogP contribution in [0.2, 0.25) is 0 Å². The Morgan fingerprint density at radius 2 is 2.06 bits per heavy atom. The summed E-state index contributed by atoms with van der Waals surface area (Å²) in [6, 6.07) is 10.1. The summed E-state index contributed by atoms with van der Waals surface area (Å²) in [6.07, 6.45) is 3.61. The molecule has 4 heteroatoms. The number of rotatable bonds is 2. The molecule has 90 valence electrons. The first-order chi connectivity index (χ1) is 8.75. The Labute approximate surface area is 105 Å². The molecule has 0 radical (unpaired) electrons. The van der Waals surface area contributed by atoms with Crippen LogP contribution in [0.25, 0.3) is 10.9 Å². The first-order valence-electron chi connectivity index (χ1n) is 5.86. The van der Waals surface area contributed by atoms with Crippen molar-refractivity contribution >= 4 is 16.7 Å². The van der Waals surface area contributed by atoms with Crippen molar-refractivity contribution in [3.05, 3.63) is 53.9 Å². The third-order valence-corrected chi connectivity index (χ3v) is 3.13. The normalized spacial score (nSPS) is 10.9.